The maximum absolute atomic E-state index is 11.7. The fourth-order valence-electron chi connectivity index (χ4n) is 2.63. The minimum Gasteiger partial charge on any atom is -0.359 e. The number of hydroxylamine groups is 1. The Morgan fingerprint density at radius 2 is 1.84 bits per heavy atom. The topological polar surface area (TPSA) is 76.4 Å². The Morgan fingerprint density at radius 1 is 1.16 bits per heavy atom. The van der Waals surface area contributed by atoms with Gasteiger partial charge >= 0.3 is 0 Å². The molecular weight excluding hydrogens is 318 g/mol. The van der Waals surface area contributed by atoms with Crippen molar-refractivity contribution in [3.05, 3.63) is 65.9 Å². The first kappa shape index (κ1) is 17.1. The summed E-state index contributed by atoms with van der Waals surface area (Å²) in [5, 5.41) is 14.5. The number of ether oxygens (including phenoxy) is 1. The van der Waals surface area contributed by atoms with Crippen LogP contribution in [0, 0.1) is 0 Å². The van der Waals surface area contributed by atoms with Crippen LogP contribution in [0.3, 0.4) is 0 Å². The van der Waals surface area contributed by atoms with E-state index < -0.39 is 11.5 Å². The normalized spacial score (nSPS) is 11.6. The quantitative estimate of drug-likeness (QED) is 0.535. The molecule has 0 unspecified atom stereocenters. The summed E-state index contributed by atoms with van der Waals surface area (Å²) in [5.74, 6) is -0.597. The molecule has 0 spiro atoms. The lowest BCUT2D eigenvalue weighted by Crippen LogP contribution is -2.42. The number of nitrogens with one attached hydrogen (secondary N) is 1. The van der Waals surface area contributed by atoms with Gasteiger partial charge in [0.2, 0.25) is 0 Å². The SMILES string of the molecule is CC(C)(OCc1nn(Cc2ccccc2)c2ccccc12)C(=O)NO. The lowest BCUT2D eigenvalue weighted by molar-refractivity contribution is -0.153. The van der Waals surface area contributed by atoms with E-state index in [2.05, 4.69) is 17.2 Å². The summed E-state index contributed by atoms with van der Waals surface area (Å²) in [5.41, 5.74) is 3.39. The third-order valence-electron chi connectivity index (χ3n) is 4.13. The second kappa shape index (κ2) is 7.04. The molecule has 0 aliphatic heterocycles. The Balaban J connectivity index is 1.88. The summed E-state index contributed by atoms with van der Waals surface area (Å²) >= 11 is 0. The molecule has 1 amide bonds. The van der Waals surface area contributed by atoms with Gasteiger partial charge in [0.05, 0.1) is 24.4 Å². The van der Waals surface area contributed by atoms with Crippen LogP contribution in [-0.2, 0) is 22.7 Å². The molecule has 3 aromatic rings. The van der Waals surface area contributed by atoms with Crippen molar-refractivity contribution in [2.45, 2.75) is 32.6 Å². The number of nitrogens with zero attached hydrogens (tertiary/aromatic N) is 2. The molecule has 6 heteroatoms. The molecule has 0 atom stereocenters. The largest absolute Gasteiger partial charge is 0.359 e. The summed E-state index contributed by atoms with van der Waals surface area (Å²) in [7, 11) is 0. The Kier molecular flexibility index (Phi) is 4.83. The van der Waals surface area contributed by atoms with Gasteiger partial charge in [0.15, 0.2) is 0 Å². The Morgan fingerprint density at radius 3 is 2.56 bits per heavy atom. The van der Waals surface area contributed by atoms with E-state index in [1.165, 1.54) is 0 Å². The van der Waals surface area contributed by atoms with E-state index in [-0.39, 0.29) is 6.61 Å². The monoisotopic (exact) mass is 339 g/mol. The maximum Gasteiger partial charge on any atom is 0.274 e. The first-order valence-electron chi connectivity index (χ1n) is 8.08. The molecule has 2 N–H and O–H groups in total. The summed E-state index contributed by atoms with van der Waals surface area (Å²) in [6.07, 6.45) is 0. The van der Waals surface area contributed by atoms with Crippen LogP contribution in [0.5, 0.6) is 0 Å². The van der Waals surface area contributed by atoms with Crippen molar-refractivity contribution in [3.63, 3.8) is 0 Å². The van der Waals surface area contributed by atoms with Gasteiger partial charge in [-0.3, -0.25) is 14.7 Å². The molecule has 25 heavy (non-hydrogen) atoms. The lowest BCUT2D eigenvalue weighted by Gasteiger charge is -2.21. The van der Waals surface area contributed by atoms with Crippen LogP contribution in [0.1, 0.15) is 25.1 Å². The zero-order valence-corrected chi connectivity index (χ0v) is 14.3. The van der Waals surface area contributed by atoms with Crippen molar-refractivity contribution in [2.24, 2.45) is 0 Å². The first-order valence-corrected chi connectivity index (χ1v) is 8.08. The molecule has 1 aromatic heterocycles. The van der Waals surface area contributed by atoms with Crippen molar-refractivity contribution >= 4 is 16.8 Å². The van der Waals surface area contributed by atoms with Crippen LogP contribution >= 0.6 is 0 Å². The molecule has 0 aliphatic carbocycles. The molecule has 1 heterocycles. The molecule has 0 saturated heterocycles. The highest BCUT2D eigenvalue weighted by atomic mass is 16.5. The van der Waals surface area contributed by atoms with E-state index in [0.717, 1.165) is 22.2 Å². The highest BCUT2D eigenvalue weighted by molar-refractivity contribution is 5.83. The summed E-state index contributed by atoms with van der Waals surface area (Å²) in [4.78, 5) is 11.7. The Hall–Kier alpha value is -2.70. The molecule has 0 bridgehead atoms. The van der Waals surface area contributed by atoms with E-state index in [1.807, 2.05) is 47.1 Å². The molecule has 0 aliphatic rings. The minimum absolute atomic E-state index is 0.169. The second-order valence-electron chi connectivity index (χ2n) is 6.35. The van der Waals surface area contributed by atoms with Gasteiger partial charge in [-0.1, -0.05) is 48.5 Å². The summed E-state index contributed by atoms with van der Waals surface area (Å²) in [6.45, 7) is 4.02. The molecular formula is C19H21N3O3. The number of amides is 1. The van der Waals surface area contributed by atoms with Gasteiger partial charge in [-0.15, -0.1) is 0 Å². The lowest BCUT2D eigenvalue weighted by atomic mass is 10.1. The number of hydrogen-bond acceptors (Lipinski definition) is 4. The van der Waals surface area contributed by atoms with Crippen molar-refractivity contribution in [1.29, 1.82) is 0 Å². The van der Waals surface area contributed by atoms with Crippen LogP contribution in [-0.4, -0.2) is 26.5 Å². The van der Waals surface area contributed by atoms with Crippen molar-refractivity contribution in [3.8, 4) is 0 Å². The minimum atomic E-state index is -1.15. The van der Waals surface area contributed by atoms with E-state index in [4.69, 9.17) is 9.94 Å². The van der Waals surface area contributed by atoms with Gasteiger partial charge in [-0.05, 0) is 25.5 Å². The third-order valence-corrected chi connectivity index (χ3v) is 4.13. The fraction of sp³-hybridized carbons (Fsp3) is 0.263. The standard InChI is InChI=1S/C19H21N3O3/c1-19(2,18(23)21-24)25-13-16-15-10-6-7-11-17(15)22(20-16)12-14-8-4-3-5-9-14/h3-11,24H,12-13H2,1-2H3,(H,21,23). The van der Waals surface area contributed by atoms with Gasteiger partial charge in [-0.2, -0.15) is 5.10 Å². The highest BCUT2D eigenvalue weighted by Crippen LogP contribution is 2.22. The van der Waals surface area contributed by atoms with Crippen LogP contribution < -0.4 is 5.48 Å². The van der Waals surface area contributed by atoms with Crippen LogP contribution in [0.15, 0.2) is 54.6 Å². The van der Waals surface area contributed by atoms with Crippen LogP contribution in [0.25, 0.3) is 10.9 Å². The Labute approximate surface area is 146 Å². The molecule has 0 fully saturated rings. The molecule has 6 nitrogen and oxygen atoms in total. The smallest absolute Gasteiger partial charge is 0.274 e. The van der Waals surface area contributed by atoms with Crippen molar-refractivity contribution in [2.75, 3.05) is 0 Å². The molecule has 0 radical (unpaired) electrons. The fourth-order valence-corrected chi connectivity index (χ4v) is 2.63. The number of rotatable bonds is 6. The number of carbonyl (C=O) groups excluding carboxylic acids is 1. The van der Waals surface area contributed by atoms with Gasteiger partial charge in [0.1, 0.15) is 5.60 Å². The predicted molar refractivity (Wildman–Crippen MR) is 94.1 cm³/mol. The van der Waals surface area contributed by atoms with E-state index in [1.54, 1.807) is 19.3 Å². The van der Waals surface area contributed by atoms with Crippen molar-refractivity contribution in [1.82, 2.24) is 15.3 Å². The first-order chi connectivity index (χ1) is 12.0. The Bertz CT molecular complexity index is 872. The van der Waals surface area contributed by atoms with Gasteiger partial charge in [-0.25, -0.2) is 5.48 Å². The summed E-state index contributed by atoms with van der Waals surface area (Å²) in [6, 6.07) is 18.0. The highest BCUT2D eigenvalue weighted by Gasteiger charge is 2.29. The summed E-state index contributed by atoms with van der Waals surface area (Å²) < 4.78 is 7.62. The number of fused-ring (bicyclic) bond motifs is 1. The maximum atomic E-state index is 11.7. The zero-order valence-electron chi connectivity index (χ0n) is 14.3. The van der Waals surface area contributed by atoms with Gasteiger partial charge < -0.3 is 4.74 Å². The number of para-hydroxylation sites is 1. The zero-order chi connectivity index (χ0) is 17.9. The predicted octanol–water partition coefficient (Wildman–Crippen LogP) is 2.89. The van der Waals surface area contributed by atoms with Gasteiger partial charge in [0, 0.05) is 5.39 Å². The third kappa shape index (κ3) is 3.70. The van der Waals surface area contributed by atoms with Crippen LogP contribution in [0.4, 0.5) is 0 Å². The molecule has 2 aromatic carbocycles. The van der Waals surface area contributed by atoms with Crippen molar-refractivity contribution < 1.29 is 14.7 Å². The van der Waals surface area contributed by atoms with Crippen LogP contribution in [0.2, 0.25) is 0 Å². The second-order valence-corrected chi connectivity index (χ2v) is 6.35. The van der Waals surface area contributed by atoms with E-state index in [0.29, 0.717) is 6.54 Å². The molecule has 0 saturated carbocycles. The average molecular weight is 339 g/mol. The number of carbonyl (C=O) groups is 1. The van der Waals surface area contributed by atoms with E-state index >= 15 is 0 Å². The van der Waals surface area contributed by atoms with Gasteiger partial charge in [0.25, 0.3) is 5.91 Å². The number of aromatic nitrogens is 2. The van der Waals surface area contributed by atoms with E-state index in [9.17, 15) is 4.79 Å². The molecule has 130 valence electrons. The molecule has 3 rings (SSSR count). The average Bonchev–Trinajstić information content (AvgIpc) is 2.98. The number of benzene rings is 2. The number of hydrogen-bond donors (Lipinski definition) is 2.